The average Bonchev–Trinajstić information content (AvgIpc) is 2.11. The van der Waals surface area contributed by atoms with Gasteiger partial charge in [-0.25, -0.2) is 0 Å². The molecule has 0 rings (SSSR count). The van der Waals surface area contributed by atoms with E-state index in [4.69, 9.17) is 5.73 Å². The molecule has 0 bridgehead atoms. The summed E-state index contributed by atoms with van der Waals surface area (Å²) in [5, 5.41) is 0. The second-order valence-corrected chi connectivity index (χ2v) is 5.18. The predicted octanol–water partition coefficient (Wildman–Crippen LogP) is 1.86. The number of nitrogens with two attached hydrogens (primary N) is 1. The van der Waals surface area contributed by atoms with Crippen molar-refractivity contribution in [2.75, 3.05) is 13.6 Å². The molecule has 0 aromatic heterocycles. The number of rotatable bonds is 6. The highest BCUT2D eigenvalue weighted by atomic mass is 16.2. The minimum Gasteiger partial charge on any atom is -0.344 e. The Kier molecular flexibility index (Phi) is 6.57. The highest BCUT2D eigenvalue weighted by Gasteiger charge is 2.18. The molecule has 0 aromatic rings. The number of carbonyl (C=O) groups is 1. The van der Waals surface area contributed by atoms with Crippen molar-refractivity contribution in [1.29, 1.82) is 0 Å². The van der Waals surface area contributed by atoms with Crippen LogP contribution in [0.2, 0.25) is 0 Å². The molecule has 0 spiro atoms. The Balaban J connectivity index is 3.96. The fourth-order valence-corrected chi connectivity index (χ4v) is 1.45. The topological polar surface area (TPSA) is 46.3 Å². The summed E-state index contributed by atoms with van der Waals surface area (Å²) in [7, 11) is 1.84. The third kappa shape index (κ3) is 6.50. The molecule has 0 aliphatic carbocycles. The Hall–Kier alpha value is -0.570. The molecule has 2 N–H and O–H groups in total. The van der Waals surface area contributed by atoms with Crippen LogP contribution in [0.15, 0.2) is 0 Å². The number of hydrogen-bond donors (Lipinski definition) is 1. The van der Waals surface area contributed by atoms with E-state index in [1.54, 1.807) is 4.90 Å². The predicted molar refractivity (Wildman–Crippen MR) is 64.5 cm³/mol. The number of nitrogens with zero attached hydrogens (tertiary/aromatic N) is 1. The van der Waals surface area contributed by atoms with Gasteiger partial charge in [0.25, 0.3) is 0 Å². The highest BCUT2D eigenvalue weighted by molar-refractivity contribution is 5.81. The van der Waals surface area contributed by atoms with E-state index < -0.39 is 0 Å². The second-order valence-electron chi connectivity index (χ2n) is 5.18. The van der Waals surface area contributed by atoms with Crippen molar-refractivity contribution >= 4 is 5.91 Å². The second kappa shape index (κ2) is 6.83. The molecular weight excluding hydrogens is 188 g/mol. The zero-order chi connectivity index (χ0) is 12.0. The minimum absolute atomic E-state index is 0.0735. The molecule has 0 aromatic carbocycles. The van der Waals surface area contributed by atoms with Crippen molar-refractivity contribution in [3.63, 3.8) is 0 Å². The molecule has 15 heavy (non-hydrogen) atoms. The molecule has 0 saturated heterocycles. The summed E-state index contributed by atoms with van der Waals surface area (Å²) in [5.41, 5.74) is 5.83. The van der Waals surface area contributed by atoms with Gasteiger partial charge in [-0.3, -0.25) is 4.79 Å². The van der Waals surface area contributed by atoms with E-state index in [2.05, 4.69) is 27.7 Å². The molecule has 3 heteroatoms. The fraction of sp³-hybridized carbons (Fsp3) is 0.917. The van der Waals surface area contributed by atoms with Crippen LogP contribution in [0, 0.1) is 11.8 Å². The molecule has 0 aliphatic rings. The van der Waals surface area contributed by atoms with Crippen LogP contribution >= 0.6 is 0 Å². The highest BCUT2D eigenvalue weighted by Crippen LogP contribution is 2.07. The zero-order valence-electron chi connectivity index (χ0n) is 10.8. The summed E-state index contributed by atoms with van der Waals surface area (Å²) >= 11 is 0. The van der Waals surface area contributed by atoms with Crippen LogP contribution in [-0.4, -0.2) is 30.4 Å². The van der Waals surface area contributed by atoms with Gasteiger partial charge >= 0.3 is 0 Å². The number of hydrogen-bond acceptors (Lipinski definition) is 2. The van der Waals surface area contributed by atoms with Gasteiger partial charge in [-0.15, -0.1) is 0 Å². The van der Waals surface area contributed by atoms with E-state index in [1.165, 1.54) is 0 Å². The van der Waals surface area contributed by atoms with Gasteiger partial charge in [0.2, 0.25) is 5.91 Å². The summed E-state index contributed by atoms with van der Waals surface area (Å²) in [6, 6.07) is -0.331. The summed E-state index contributed by atoms with van der Waals surface area (Å²) in [6.07, 6.45) is 1.81. The molecule has 0 heterocycles. The molecule has 0 unspecified atom stereocenters. The lowest BCUT2D eigenvalue weighted by atomic mass is 10.0. The van der Waals surface area contributed by atoms with Gasteiger partial charge in [0.1, 0.15) is 0 Å². The van der Waals surface area contributed by atoms with Gasteiger partial charge in [0.05, 0.1) is 6.04 Å². The first-order valence-electron chi connectivity index (χ1n) is 5.85. The normalized spacial score (nSPS) is 13.3. The SMILES string of the molecule is CC(C)CCN(C)C(=O)[C@@H](N)CC(C)C. The van der Waals surface area contributed by atoms with Gasteiger partial charge in [-0.2, -0.15) is 0 Å². The van der Waals surface area contributed by atoms with Crippen LogP contribution in [0.4, 0.5) is 0 Å². The molecule has 3 nitrogen and oxygen atoms in total. The maximum Gasteiger partial charge on any atom is 0.239 e. The molecule has 0 radical (unpaired) electrons. The summed E-state index contributed by atoms with van der Waals surface area (Å²) in [4.78, 5) is 13.5. The molecule has 0 aliphatic heterocycles. The first kappa shape index (κ1) is 14.4. The Labute approximate surface area is 94.0 Å². The van der Waals surface area contributed by atoms with E-state index >= 15 is 0 Å². The zero-order valence-corrected chi connectivity index (χ0v) is 10.8. The van der Waals surface area contributed by atoms with Crippen LogP contribution in [0.25, 0.3) is 0 Å². The lowest BCUT2D eigenvalue weighted by Crippen LogP contribution is -2.43. The quantitative estimate of drug-likeness (QED) is 0.733. The van der Waals surface area contributed by atoms with Crippen LogP contribution in [0.3, 0.4) is 0 Å². The lowest BCUT2D eigenvalue weighted by Gasteiger charge is -2.23. The monoisotopic (exact) mass is 214 g/mol. The number of likely N-dealkylation sites (N-methyl/N-ethyl adjacent to an activating group) is 1. The molecule has 1 atom stereocenters. The third-order valence-corrected chi connectivity index (χ3v) is 2.46. The number of carbonyl (C=O) groups excluding carboxylic acids is 1. The fourth-order valence-electron chi connectivity index (χ4n) is 1.45. The van der Waals surface area contributed by atoms with Gasteiger partial charge < -0.3 is 10.6 Å². The van der Waals surface area contributed by atoms with Crippen molar-refractivity contribution in [3.05, 3.63) is 0 Å². The van der Waals surface area contributed by atoms with Crippen LogP contribution in [0.5, 0.6) is 0 Å². The van der Waals surface area contributed by atoms with Crippen LogP contribution in [-0.2, 0) is 4.79 Å². The van der Waals surface area contributed by atoms with E-state index in [9.17, 15) is 4.79 Å². The summed E-state index contributed by atoms with van der Waals surface area (Å²) < 4.78 is 0. The molecular formula is C12H26N2O. The van der Waals surface area contributed by atoms with Gasteiger partial charge in [-0.05, 0) is 24.7 Å². The van der Waals surface area contributed by atoms with Crippen molar-refractivity contribution < 1.29 is 4.79 Å². The number of amides is 1. The molecule has 0 fully saturated rings. The standard InChI is InChI=1S/C12H26N2O/c1-9(2)6-7-14(5)12(15)11(13)8-10(3)4/h9-11H,6-8,13H2,1-5H3/t11-/m0/s1. The van der Waals surface area contributed by atoms with Crippen molar-refractivity contribution in [2.45, 2.75) is 46.6 Å². The maximum atomic E-state index is 11.8. The first-order chi connectivity index (χ1) is 6.84. The largest absolute Gasteiger partial charge is 0.344 e. The minimum atomic E-state index is -0.331. The van der Waals surface area contributed by atoms with Gasteiger partial charge in [0, 0.05) is 13.6 Å². The van der Waals surface area contributed by atoms with E-state index in [0.717, 1.165) is 19.4 Å². The molecule has 1 amide bonds. The Morgan fingerprint density at radius 1 is 1.20 bits per heavy atom. The smallest absolute Gasteiger partial charge is 0.239 e. The average molecular weight is 214 g/mol. The van der Waals surface area contributed by atoms with Crippen molar-refractivity contribution in [2.24, 2.45) is 17.6 Å². The third-order valence-electron chi connectivity index (χ3n) is 2.46. The van der Waals surface area contributed by atoms with E-state index in [-0.39, 0.29) is 11.9 Å². The van der Waals surface area contributed by atoms with E-state index in [1.807, 2.05) is 7.05 Å². The van der Waals surface area contributed by atoms with Crippen LogP contribution < -0.4 is 5.73 Å². The van der Waals surface area contributed by atoms with Gasteiger partial charge in [-0.1, -0.05) is 27.7 Å². The Bertz CT molecular complexity index is 190. The maximum absolute atomic E-state index is 11.8. The Morgan fingerprint density at radius 3 is 2.13 bits per heavy atom. The van der Waals surface area contributed by atoms with E-state index in [0.29, 0.717) is 11.8 Å². The molecule has 0 saturated carbocycles. The summed E-state index contributed by atoms with van der Waals surface area (Å²) in [6.45, 7) is 9.30. The molecule has 90 valence electrons. The first-order valence-corrected chi connectivity index (χ1v) is 5.85. The van der Waals surface area contributed by atoms with Crippen LogP contribution in [0.1, 0.15) is 40.5 Å². The van der Waals surface area contributed by atoms with Gasteiger partial charge in [0.15, 0.2) is 0 Å². The van der Waals surface area contributed by atoms with Crippen molar-refractivity contribution in [3.8, 4) is 0 Å². The lowest BCUT2D eigenvalue weighted by molar-refractivity contribution is -0.131. The Morgan fingerprint density at radius 2 is 1.73 bits per heavy atom. The van der Waals surface area contributed by atoms with Crippen molar-refractivity contribution in [1.82, 2.24) is 4.90 Å². The summed E-state index contributed by atoms with van der Waals surface area (Å²) in [5.74, 6) is 1.17.